The number of nitro benzene ring substituents is 1. The largest absolute Gasteiger partial charge is 0.530 e. The summed E-state index contributed by atoms with van der Waals surface area (Å²) in [4.78, 5) is 10.1. The van der Waals surface area contributed by atoms with Crippen LogP contribution in [-0.4, -0.2) is 11.5 Å². The normalized spacial score (nSPS) is 23.2. The number of rotatable bonds is 4. The summed E-state index contributed by atoms with van der Waals surface area (Å²) in [7, 11) is -3.96. The van der Waals surface area contributed by atoms with Gasteiger partial charge in [-0.3, -0.25) is 19.2 Å². The Bertz CT molecular complexity index is 826. The van der Waals surface area contributed by atoms with Crippen molar-refractivity contribution in [3.05, 3.63) is 69.0 Å². The Morgan fingerprint density at radius 2 is 2.00 bits per heavy atom. The summed E-state index contributed by atoms with van der Waals surface area (Å²) < 4.78 is 41.9. The predicted octanol–water partition coefficient (Wildman–Crippen LogP) is 5.05. The van der Waals surface area contributed by atoms with E-state index in [1.54, 1.807) is 0 Å². The SMILES string of the molecule is O=[N+]([O-])c1ccc(O[P@]2(=O)OCC[C@@H](c3cc(F)cc(Cl)c3)O2)cc1. The zero-order valence-electron chi connectivity index (χ0n) is 12.6. The Balaban J connectivity index is 1.77. The van der Waals surface area contributed by atoms with E-state index in [-0.39, 0.29) is 23.1 Å². The fourth-order valence-electron chi connectivity index (χ4n) is 2.30. The number of hydrogen-bond donors (Lipinski definition) is 0. The maximum atomic E-state index is 13.5. The summed E-state index contributed by atoms with van der Waals surface area (Å²) in [6.45, 7) is 0.0725. The number of nitro groups is 1. The van der Waals surface area contributed by atoms with Crippen molar-refractivity contribution in [3.63, 3.8) is 0 Å². The van der Waals surface area contributed by atoms with E-state index in [9.17, 15) is 19.1 Å². The van der Waals surface area contributed by atoms with Crippen molar-refractivity contribution < 1.29 is 27.5 Å². The van der Waals surface area contributed by atoms with Crippen LogP contribution in [0.4, 0.5) is 10.1 Å². The lowest BCUT2D eigenvalue weighted by Gasteiger charge is -2.29. The molecule has 0 bridgehead atoms. The van der Waals surface area contributed by atoms with E-state index >= 15 is 0 Å². The minimum absolute atomic E-state index is 0.0725. The number of halogens is 2. The molecule has 2 atom stereocenters. The van der Waals surface area contributed by atoms with Gasteiger partial charge >= 0.3 is 7.82 Å². The molecule has 2 aromatic carbocycles. The molecule has 0 spiro atoms. The molecule has 1 aliphatic heterocycles. The highest BCUT2D eigenvalue weighted by Crippen LogP contribution is 2.56. The van der Waals surface area contributed by atoms with Gasteiger partial charge in [0.05, 0.1) is 17.6 Å². The van der Waals surface area contributed by atoms with Gasteiger partial charge in [0.2, 0.25) is 0 Å². The number of benzene rings is 2. The monoisotopic (exact) mass is 387 g/mol. The standard InChI is InChI=1S/C15H12ClFNO6P/c16-11-7-10(8-12(17)9-11)15-5-6-22-25(21,24-15)23-14-3-1-13(2-4-14)18(19)20/h1-4,7-9,15H,5-6H2/t15-,25-/m0/s1. The van der Waals surface area contributed by atoms with Crippen molar-refractivity contribution >= 4 is 25.1 Å². The molecule has 0 amide bonds. The molecule has 3 rings (SSSR count). The van der Waals surface area contributed by atoms with Crippen LogP contribution in [0.5, 0.6) is 5.75 Å². The van der Waals surface area contributed by atoms with Crippen LogP contribution in [0.2, 0.25) is 5.02 Å². The summed E-state index contributed by atoms with van der Waals surface area (Å²) in [5, 5.41) is 10.8. The third-order valence-electron chi connectivity index (χ3n) is 3.41. The van der Waals surface area contributed by atoms with E-state index in [1.807, 2.05) is 0 Å². The quantitative estimate of drug-likeness (QED) is 0.414. The molecule has 0 aromatic heterocycles. The van der Waals surface area contributed by atoms with Crippen molar-refractivity contribution in [1.29, 1.82) is 0 Å². The molecule has 1 heterocycles. The molecule has 1 fully saturated rings. The number of nitrogens with zero attached hydrogens (tertiary/aromatic N) is 1. The van der Waals surface area contributed by atoms with E-state index in [2.05, 4.69) is 0 Å². The maximum Gasteiger partial charge on any atom is 0.530 e. The molecule has 1 aliphatic rings. The van der Waals surface area contributed by atoms with E-state index in [4.69, 9.17) is 25.2 Å². The summed E-state index contributed by atoms with van der Waals surface area (Å²) in [5.74, 6) is -0.449. The van der Waals surface area contributed by atoms with Crippen LogP contribution in [-0.2, 0) is 13.6 Å². The fraction of sp³-hybridized carbons (Fsp3) is 0.200. The van der Waals surface area contributed by atoms with E-state index in [0.29, 0.717) is 12.0 Å². The Morgan fingerprint density at radius 3 is 2.64 bits per heavy atom. The Morgan fingerprint density at radius 1 is 1.28 bits per heavy atom. The minimum Gasteiger partial charge on any atom is -0.404 e. The van der Waals surface area contributed by atoms with Crippen LogP contribution in [0.3, 0.4) is 0 Å². The molecular formula is C15H12ClFNO6P. The highest BCUT2D eigenvalue weighted by Gasteiger charge is 2.38. The summed E-state index contributed by atoms with van der Waals surface area (Å²) in [5.41, 5.74) is 0.282. The van der Waals surface area contributed by atoms with Gasteiger partial charge in [-0.15, -0.1) is 0 Å². The number of non-ortho nitro benzene ring substituents is 1. The molecule has 0 saturated carbocycles. The van der Waals surface area contributed by atoms with Gasteiger partial charge in [-0.05, 0) is 35.9 Å². The van der Waals surface area contributed by atoms with Crippen LogP contribution in [0.1, 0.15) is 18.1 Å². The van der Waals surface area contributed by atoms with Gasteiger partial charge in [0.1, 0.15) is 11.6 Å². The number of phosphoric acid groups is 1. The van der Waals surface area contributed by atoms with Gasteiger partial charge in [0, 0.05) is 23.6 Å². The molecule has 0 unspecified atom stereocenters. The van der Waals surface area contributed by atoms with Crippen LogP contribution in [0.25, 0.3) is 0 Å². The van der Waals surface area contributed by atoms with E-state index in [0.717, 1.165) is 6.07 Å². The molecule has 0 radical (unpaired) electrons. The van der Waals surface area contributed by atoms with Crippen LogP contribution in [0, 0.1) is 15.9 Å². The Hall–Kier alpha value is -1.99. The molecule has 7 nitrogen and oxygen atoms in total. The summed E-state index contributed by atoms with van der Waals surface area (Å²) in [6, 6.07) is 8.87. The van der Waals surface area contributed by atoms with Gasteiger partial charge in [0.15, 0.2) is 0 Å². The summed E-state index contributed by atoms with van der Waals surface area (Å²) in [6.07, 6.45) is -0.376. The average molecular weight is 388 g/mol. The van der Waals surface area contributed by atoms with Crippen molar-refractivity contribution in [2.75, 3.05) is 6.61 Å². The molecule has 10 heteroatoms. The van der Waals surface area contributed by atoms with Crippen molar-refractivity contribution in [1.82, 2.24) is 0 Å². The lowest BCUT2D eigenvalue weighted by Crippen LogP contribution is -2.16. The second-order valence-electron chi connectivity index (χ2n) is 5.21. The van der Waals surface area contributed by atoms with Crippen molar-refractivity contribution in [2.24, 2.45) is 0 Å². The molecule has 1 saturated heterocycles. The molecule has 25 heavy (non-hydrogen) atoms. The lowest BCUT2D eigenvalue weighted by molar-refractivity contribution is -0.384. The first-order valence-corrected chi connectivity index (χ1v) is 9.01. The second kappa shape index (κ2) is 7.09. The number of phosphoric ester groups is 1. The van der Waals surface area contributed by atoms with Crippen molar-refractivity contribution in [3.8, 4) is 5.75 Å². The maximum absolute atomic E-state index is 13.5. The first kappa shape index (κ1) is 17.8. The minimum atomic E-state index is -3.96. The average Bonchev–Trinajstić information content (AvgIpc) is 2.54. The smallest absolute Gasteiger partial charge is 0.404 e. The zero-order valence-corrected chi connectivity index (χ0v) is 14.3. The summed E-state index contributed by atoms with van der Waals surface area (Å²) >= 11 is 5.83. The molecule has 132 valence electrons. The van der Waals surface area contributed by atoms with Crippen LogP contribution in [0.15, 0.2) is 42.5 Å². The third-order valence-corrected chi connectivity index (χ3v) is 5.07. The highest BCUT2D eigenvalue weighted by atomic mass is 35.5. The third kappa shape index (κ3) is 4.35. The van der Waals surface area contributed by atoms with Gasteiger partial charge in [0.25, 0.3) is 5.69 Å². The Labute approximate surface area is 147 Å². The Kier molecular flexibility index (Phi) is 5.06. The second-order valence-corrected chi connectivity index (χ2v) is 7.19. The van der Waals surface area contributed by atoms with Gasteiger partial charge in [-0.2, -0.15) is 0 Å². The molecule has 0 aliphatic carbocycles. The number of hydrogen-bond acceptors (Lipinski definition) is 6. The first-order chi connectivity index (χ1) is 11.8. The first-order valence-electron chi connectivity index (χ1n) is 7.18. The van der Waals surface area contributed by atoms with Crippen LogP contribution >= 0.6 is 19.4 Å². The van der Waals surface area contributed by atoms with Crippen LogP contribution < -0.4 is 4.52 Å². The molecular weight excluding hydrogens is 376 g/mol. The predicted molar refractivity (Wildman–Crippen MR) is 87.1 cm³/mol. The topological polar surface area (TPSA) is 87.9 Å². The van der Waals surface area contributed by atoms with E-state index < -0.39 is 24.7 Å². The molecule has 2 aromatic rings. The highest BCUT2D eigenvalue weighted by molar-refractivity contribution is 7.49. The zero-order chi connectivity index (χ0) is 18.0. The van der Waals surface area contributed by atoms with Gasteiger partial charge < -0.3 is 4.52 Å². The van der Waals surface area contributed by atoms with Gasteiger partial charge in [-0.25, -0.2) is 8.96 Å². The van der Waals surface area contributed by atoms with E-state index in [1.165, 1.54) is 36.4 Å². The lowest BCUT2D eigenvalue weighted by atomic mass is 10.1. The molecule has 0 N–H and O–H groups in total. The van der Waals surface area contributed by atoms with Gasteiger partial charge in [-0.1, -0.05) is 11.6 Å². The fourth-order valence-corrected chi connectivity index (χ4v) is 3.94. The van der Waals surface area contributed by atoms with Crippen molar-refractivity contribution in [2.45, 2.75) is 12.5 Å².